The van der Waals surface area contributed by atoms with E-state index >= 15 is 0 Å². The second-order valence-corrected chi connectivity index (χ2v) is 5.92. The first-order chi connectivity index (χ1) is 10.8. The van der Waals surface area contributed by atoms with Crippen molar-refractivity contribution in [3.8, 4) is 0 Å². The molecular weight excluding hydrogens is 276 g/mol. The minimum absolute atomic E-state index is 0.231. The predicted molar refractivity (Wildman–Crippen MR) is 88.6 cm³/mol. The molecule has 1 aromatic rings. The summed E-state index contributed by atoms with van der Waals surface area (Å²) < 4.78 is 5.60. The van der Waals surface area contributed by atoms with Crippen molar-refractivity contribution in [2.45, 2.75) is 32.8 Å². The molecule has 122 valence electrons. The molecule has 1 aromatic carbocycles. The lowest BCUT2D eigenvalue weighted by Crippen LogP contribution is -2.41. The maximum absolute atomic E-state index is 12.2. The molecular formula is C18H28N2O2. The van der Waals surface area contributed by atoms with Gasteiger partial charge in [0, 0.05) is 13.1 Å². The fourth-order valence-electron chi connectivity index (χ4n) is 2.82. The standard InChI is InChI=1S/C18H28N2O2/c1-2-19-14-16-8-11-20(12-9-16)18(21)10-13-22-15-17-6-4-3-5-7-17/h3-7,16,19H,2,8-15H2,1H3. The first-order valence-electron chi connectivity index (χ1n) is 8.39. The van der Waals surface area contributed by atoms with Crippen LogP contribution in [-0.2, 0) is 16.1 Å². The summed E-state index contributed by atoms with van der Waals surface area (Å²) in [7, 11) is 0. The van der Waals surface area contributed by atoms with Crippen molar-refractivity contribution in [3.63, 3.8) is 0 Å². The van der Waals surface area contributed by atoms with Crippen LogP contribution in [0.3, 0.4) is 0 Å². The summed E-state index contributed by atoms with van der Waals surface area (Å²) in [6.07, 6.45) is 2.72. The quantitative estimate of drug-likeness (QED) is 0.750. The highest BCUT2D eigenvalue weighted by molar-refractivity contribution is 5.76. The van der Waals surface area contributed by atoms with Crippen molar-refractivity contribution in [1.82, 2.24) is 10.2 Å². The Balaban J connectivity index is 1.58. The smallest absolute Gasteiger partial charge is 0.224 e. The topological polar surface area (TPSA) is 41.6 Å². The van der Waals surface area contributed by atoms with E-state index in [1.54, 1.807) is 0 Å². The monoisotopic (exact) mass is 304 g/mol. The Morgan fingerprint density at radius 3 is 2.68 bits per heavy atom. The number of carbonyl (C=O) groups is 1. The van der Waals surface area contributed by atoms with Crippen LogP contribution in [0.15, 0.2) is 30.3 Å². The van der Waals surface area contributed by atoms with Gasteiger partial charge in [-0.2, -0.15) is 0 Å². The Labute approximate surface area is 133 Å². The molecule has 1 heterocycles. The summed E-state index contributed by atoms with van der Waals surface area (Å²) in [6.45, 7) is 7.12. The lowest BCUT2D eigenvalue weighted by atomic mass is 9.96. The molecule has 22 heavy (non-hydrogen) atoms. The molecule has 0 aliphatic carbocycles. The van der Waals surface area contributed by atoms with Crippen LogP contribution >= 0.6 is 0 Å². The van der Waals surface area contributed by atoms with Gasteiger partial charge in [0.15, 0.2) is 0 Å². The highest BCUT2D eigenvalue weighted by atomic mass is 16.5. The minimum atomic E-state index is 0.231. The van der Waals surface area contributed by atoms with Crippen molar-refractivity contribution in [2.75, 3.05) is 32.8 Å². The zero-order valence-electron chi connectivity index (χ0n) is 13.6. The predicted octanol–water partition coefficient (Wildman–Crippen LogP) is 2.44. The van der Waals surface area contributed by atoms with Crippen molar-refractivity contribution in [1.29, 1.82) is 0 Å². The molecule has 1 N–H and O–H groups in total. The van der Waals surface area contributed by atoms with Crippen LogP contribution in [0, 0.1) is 5.92 Å². The van der Waals surface area contributed by atoms with Gasteiger partial charge in [0.25, 0.3) is 0 Å². The largest absolute Gasteiger partial charge is 0.376 e. The molecule has 4 nitrogen and oxygen atoms in total. The van der Waals surface area contributed by atoms with Crippen LogP contribution in [0.4, 0.5) is 0 Å². The first-order valence-corrected chi connectivity index (χ1v) is 8.39. The molecule has 0 spiro atoms. The van der Waals surface area contributed by atoms with Gasteiger partial charge in [0.05, 0.1) is 19.6 Å². The van der Waals surface area contributed by atoms with Crippen LogP contribution in [-0.4, -0.2) is 43.6 Å². The van der Waals surface area contributed by atoms with Crippen molar-refractivity contribution >= 4 is 5.91 Å². The van der Waals surface area contributed by atoms with Crippen molar-refractivity contribution in [3.05, 3.63) is 35.9 Å². The fraction of sp³-hybridized carbons (Fsp3) is 0.611. The molecule has 1 aliphatic heterocycles. The number of benzene rings is 1. The lowest BCUT2D eigenvalue weighted by molar-refractivity contribution is -0.133. The average Bonchev–Trinajstić information content (AvgIpc) is 2.58. The van der Waals surface area contributed by atoms with E-state index in [0.29, 0.717) is 19.6 Å². The summed E-state index contributed by atoms with van der Waals surface area (Å²) in [5.74, 6) is 0.952. The van der Waals surface area contributed by atoms with Gasteiger partial charge in [-0.3, -0.25) is 4.79 Å². The second-order valence-electron chi connectivity index (χ2n) is 5.92. The first kappa shape index (κ1) is 17.0. The minimum Gasteiger partial charge on any atom is -0.376 e. The summed E-state index contributed by atoms with van der Waals surface area (Å²) >= 11 is 0. The number of nitrogens with zero attached hydrogens (tertiary/aromatic N) is 1. The number of piperidine rings is 1. The Hall–Kier alpha value is -1.39. The van der Waals surface area contributed by atoms with Crippen LogP contribution in [0.1, 0.15) is 31.7 Å². The van der Waals surface area contributed by atoms with Gasteiger partial charge in [-0.1, -0.05) is 37.3 Å². The molecule has 0 aromatic heterocycles. The van der Waals surface area contributed by atoms with E-state index in [-0.39, 0.29) is 5.91 Å². The van der Waals surface area contributed by atoms with Crippen molar-refractivity contribution < 1.29 is 9.53 Å². The summed E-state index contributed by atoms with van der Waals surface area (Å²) in [5, 5.41) is 3.40. The molecule has 1 aliphatic rings. The van der Waals surface area contributed by atoms with E-state index in [9.17, 15) is 4.79 Å². The normalized spacial score (nSPS) is 16.0. The van der Waals surface area contributed by atoms with E-state index < -0.39 is 0 Å². The highest BCUT2D eigenvalue weighted by Crippen LogP contribution is 2.17. The zero-order valence-corrected chi connectivity index (χ0v) is 13.6. The van der Waals surface area contributed by atoms with Gasteiger partial charge in [-0.05, 0) is 37.4 Å². The van der Waals surface area contributed by atoms with Crippen LogP contribution in [0.2, 0.25) is 0 Å². The molecule has 1 saturated heterocycles. The Morgan fingerprint density at radius 1 is 1.27 bits per heavy atom. The van der Waals surface area contributed by atoms with Gasteiger partial charge in [0.1, 0.15) is 0 Å². The molecule has 1 fully saturated rings. The third-order valence-corrected chi connectivity index (χ3v) is 4.22. The van der Waals surface area contributed by atoms with E-state index in [2.05, 4.69) is 12.2 Å². The fourth-order valence-corrected chi connectivity index (χ4v) is 2.82. The number of ether oxygens (including phenoxy) is 1. The van der Waals surface area contributed by atoms with Crippen LogP contribution in [0.5, 0.6) is 0 Å². The lowest BCUT2D eigenvalue weighted by Gasteiger charge is -2.32. The van der Waals surface area contributed by atoms with Gasteiger partial charge in [0.2, 0.25) is 5.91 Å². The van der Waals surface area contributed by atoms with Crippen molar-refractivity contribution in [2.24, 2.45) is 5.92 Å². The Bertz CT molecular complexity index is 428. The third kappa shape index (κ3) is 5.78. The molecule has 0 radical (unpaired) electrons. The van der Waals surface area contributed by atoms with Gasteiger partial charge in [-0.15, -0.1) is 0 Å². The molecule has 0 atom stereocenters. The van der Waals surface area contributed by atoms with E-state index in [0.717, 1.165) is 50.5 Å². The van der Waals surface area contributed by atoms with Gasteiger partial charge >= 0.3 is 0 Å². The summed E-state index contributed by atoms with van der Waals surface area (Å²) in [6, 6.07) is 10.1. The molecule has 1 amide bonds. The zero-order chi connectivity index (χ0) is 15.6. The number of amides is 1. The van der Waals surface area contributed by atoms with E-state index in [4.69, 9.17) is 4.74 Å². The average molecular weight is 304 g/mol. The SMILES string of the molecule is CCNCC1CCN(C(=O)CCOCc2ccccc2)CC1. The summed E-state index contributed by atoms with van der Waals surface area (Å²) in [4.78, 5) is 14.2. The summed E-state index contributed by atoms with van der Waals surface area (Å²) in [5.41, 5.74) is 1.15. The molecule has 2 rings (SSSR count). The maximum atomic E-state index is 12.2. The van der Waals surface area contributed by atoms with Gasteiger partial charge < -0.3 is 15.0 Å². The second kappa shape index (κ2) is 9.59. The number of rotatable bonds is 8. The number of nitrogens with one attached hydrogen (secondary N) is 1. The number of hydrogen-bond acceptors (Lipinski definition) is 3. The maximum Gasteiger partial charge on any atom is 0.224 e. The molecule has 0 saturated carbocycles. The Kier molecular flexibility index (Phi) is 7.40. The molecule has 0 unspecified atom stereocenters. The number of hydrogen-bond donors (Lipinski definition) is 1. The molecule has 0 bridgehead atoms. The van der Waals surface area contributed by atoms with Crippen LogP contribution < -0.4 is 5.32 Å². The van der Waals surface area contributed by atoms with Crippen LogP contribution in [0.25, 0.3) is 0 Å². The third-order valence-electron chi connectivity index (χ3n) is 4.22. The molecule has 4 heteroatoms. The highest BCUT2D eigenvalue weighted by Gasteiger charge is 2.21. The van der Waals surface area contributed by atoms with Gasteiger partial charge in [-0.25, -0.2) is 0 Å². The van der Waals surface area contributed by atoms with E-state index in [1.807, 2.05) is 35.2 Å². The Morgan fingerprint density at radius 2 is 2.00 bits per heavy atom. The van der Waals surface area contributed by atoms with E-state index in [1.165, 1.54) is 0 Å². The number of likely N-dealkylation sites (tertiary alicyclic amines) is 1. The number of carbonyl (C=O) groups excluding carboxylic acids is 1.